The van der Waals surface area contributed by atoms with E-state index in [0.717, 1.165) is 5.56 Å². The largest absolute Gasteiger partial charge is 0.508 e. The molecule has 0 bridgehead atoms. The van der Waals surface area contributed by atoms with Crippen molar-refractivity contribution in [2.24, 2.45) is 0 Å². The van der Waals surface area contributed by atoms with Gasteiger partial charge >= 0.3 is 0 Å². The van der Waals surface area contributed by atoms with Crippen LogP contribution in [0.15, 0.2) is 59.5 Å². The zero-order valence-electron chi connectivity index (χ0n) is 9.69. The van der Waals surface area contributed by atoms with Crippen LogP contribution in [0.4, 0.5) is 0 Å². The summed E-state index contributed by atoms with van der Waals surface area (Å²) in [6, 6.07) is 15.3. The Hall–Kier alpha value is -1.65. The van der Waals surface area contributed by atoms with Gasteiger partial charge in [-0.3, -0.25) is 4.21 Å². The van der Waals surface area contributed by atoms with Gasteiger partial charge in [0.05, 0.1) is 22.7 Å². The van der Waals surface area contributed by atoms with Gasteiger partial charge in [-0.15, -0.1) is 0 Å². The first kappa shape index (κ1) is 12.8. The molecule has 18 heavy (non-hydrogen) atoms. The zero-order valence-corrected chi connectivity index (χ0v) is 10.5. The topological polar surface area (TPSA) is 57.5 Å². The summed E-state index contributed by atoms with van der Waals surface area (Å²) in [4.78, 5) is 0.600. The normalized spacial score (nSPS) is 14.1. The highest BCUT2D eigenvalue weighted by Gasteiger charge is 2.13. The lowest BCUT2D eigenvalue weighted by Gasteiger charge is -2.10. The summed E-state index contributed by atoms with van der Waals surface area (Å²) < 4.78 is 12.0. The predicted octanol–water partition coefficient (Wildman–Crippen LogP) is 2.23. The molecule has 2 aromatic rings. The van der Waals surface area contributed by atoms with Crippen LogP contribution in [0.2, 0.25) is 0 Å². The van der Waals surface area contributed by atoms with E-state index in [0.29, 0.717) is 4.90 Å². The van der Waals surface area contributed by atoms with E-state index in [1.165, 1.54) is 12.1 Å². The molecule has 0 heterocycles. The van der Waals surface area contributed by atoms with Gasteiger partial charge in [-0.2, -0.15) is 0 Å². The molecule has 94 valence electrons. The molecule has 2 N–H and O–H groups in total. The molecule has 0 aromatic heterocycles. The summed E-state index contributed by atoms with van der Waals surface area (Å²) in [7, 11) is -1.28. The fourth-order valence-corrected chi connectivity index (χ4v) is 2.72. The quantitative estimate of drug-likeness (QED) is 0.888. The van der Waals surface area contributed by atoms with Crippen molar-refractivity contribution < 1.29 is 14.4 Å². The Morgan fingerprint density at radius 1 is 1.00 bits per heavy atom. The third kappa shape index (κ3) is 3.18. The molecule has 2 atom stereocenters. The van der Waals surface area contributed by atoms with Crippen molar-refractivity contribution in [2.45, 2.75) is 11.0 Å². The second-order valence-electron chi connectivity index (χ2n) is 3.93. The molecule has 3 nitrogen and oxygen atoms in total. The number of rotatable bonds is 4. The average molecular weight is 262 g/mol. The maximum Gasteiger partial charge on any atom is 0.115 e. The lowest BCUT2D eigenvalue weighted by atomic mass is 10.1. The molecule has 0 aliphatic heterocycles. The Bertz CT molecular complexity index is 522. The molecule has 0 aliphatic rings. The summed E-state index contributed by atoms with van der Waals surface area (Å²) in [5.74, 6) is 0.286. The summed E-state index contributed by atoms with van der Waals surface area (Å²) >= 11 is 0. The van der Waals surface area contributed by atoms with Crippen LogP contribution in [0.1, 0.15) is 11.7 Å². The van der Waals surface area contributed by atoms with Crippen molar-refractivity contribution in [3.8, 4) is 5.75 Å². The highest BCUT2D eigenvalue weighted by molar-refractivity contribution is 7.85. The summed E-state index contributed by atoms with van der Waals surface area (Å²) in [6.07, 6.45) is -0.749. The van der Waals surface area contributed by atoms with Gasteiger partial charge in [0, 0.05) is 4.90 Å². The van der Waals surface area contributed by atoms with E-state index in [1.807, 2.05) is 18.2 Å². The summed E-state index contributed by atoms with van der Waals surface area (Å²) in [6.45, 7) is 0. The second kappa shape index (κ2) is 5.80. The van der Waals surface area contributed by atoms with Gasteiger partial charge in [-0.25, -0.2) is 0 Å². The predicted molar refractivity (Wildman–Crippen MR) is 70.8 cm³/mol. The first-order valence-electron chi connectivity index (χ1n) is 5.57. The molecular formula is C14H14O3S. The van der Waals surface area contributed by atoms with Gasteiger partial charge in [0.15, 0.2) is 0 Å². The van der Waals surface area contributed by atoms with Gasteiger partial charge in [0.1, 0.15) is 5.75 Å². The molecule has 4 heteroatoms. The van der Waals surface area contributed by atoms with E-state index >= 15 is 0 Å². The van der Waals surface area contributed by atoms with Gasteiger partial charge < -0.3 is 10.2 Å². The van der Waals surface area contributed by atoms with E-state index in [2.05, 4.69) is 0 Å². The lowest BCUT2D eigenvalue weighted by molar-refractivity contribution is 0.203. The molecule has 0 spiro atoms. The molecular weight excluding hydrogens is 248 g/mol. The molecule has 2 rings (SSSR count). The molecule has 2 aromatic carbocycles. The van der Waals surface area contributed by atoms with Crippen LogP contribution in [0.25, 0.3) is 0 Å². The van der Waals surface area contributed by atoms with Crippen LogP contribution in [0, 0.1) is 0 Å². The smallest absolute Gasteiger partial charge is 0.115 e. The molecule has 0 radical (unpaired) electrons. The highest BCUT2D eigenvalue weighted by Crippen LogP contribution is 2.18. The number of phenolic OH excluding ortho intramolecular Hbond substituents is 1. The van der Waals surface area contributed by atoms with E-state index in [4.69, 9.17) is 5.11 Å². The van der Waals surface area contributed by atoms with Gasteiger partial charge in [0.2, 0.25) is 0 Å². The fourth-order valence-electron chi connectivity index (χ4n) is 1.61. The molecule has 0 saturated carbocycles. The molecule has 0 fully saturated rings. The van der Waals surface area contributed by atoms with Crippen molar-refractivity contribution in [1.29, 1.82) is 0 Å². The van der Waals surface area contributed by atoms with Crippen LogP contribution in [-0.4, -0.2) is 20.2 Å². The zero-order chi connectivity index (χ0) is 13.0. The minimum Gasteiger partial charge on any atom is -0.508 e. The van der Waals surface area contributed by atoms with E-state index in [9.17, 15) is 9.32 Å². The number of aliphatic hydroxyl groups is 1. The highest BCUT2D eigenvalue weighted by atomic mass is 32.2. The molecule has 0 amide bonds. The number of aromatic hydroxyl groups is 1. The first-order valence-corrected chi connectivity index (χ1v) is 6.89. The van der Waals surface area contributed by atoms with E-state index < -0.39 is 16.9 Å². The second-order valence-corrected chi connectivity index (χ2v) is 5.43. The number of benzene rings is 2. The van der Waals surface area contributed by atoms with Crippen LogP contribution in [-0.2, 0) is 10.8 Å². The van der Waals surface area contributed by atoms with E-state index in [1.54, 1.807) is 24.3 Å². The molecule has 0 aliphatic carbocycles. The average Bonchev–Trinajstić information content (AvgIpc) is 2.40. The third-order valence-corrected chi connectivity index (χ3v) is 4.01. The Balaban J connectivity index is 2.06. The Morgan fingerprint density at radius 2 is 1.61 bits per heavy atom. The third-order valence-electron chi connectivity index (χ3n) is 2.59. The Morgan fingerprint density at radius 3 is 2.22 bits per heavy atom. The first-order chi connectivity index (χ1) is 8.66. The molecule has 0 saturated heterocycles. The van der Waals surface area contributed by atoms with Crippen LogP contribution < -0.4 is 0 Å². The number of aliphatic hydroxyl groups excluding tert-OH is 1. The van der Waals surface area contributed by atoms with Gasteiger partial charge in [0.25, 0.3) is 0 Å². The van der Waals surface area contributed by atoms with Crippen LogP contribution in [0.5, 0.6) is 5.75 Å². The Labute approximate surface area is 108 Å². The standard InChI is InChI=1S/C14H14O3S/c15-12-6-8-13(9-7-12)18(17)10-14(16)11-4-2-1-3-5-11/h1-9,14-16H,10H2/t14-,18?/m0/s1. The van der Waals surface area contributed by atoms with Crippen molar-refractivity contribution >= 4 is 10.8 Å². The van der Waals surface area contributed by atoms with Gasteiger partial charge in [-0.1, -0.05) is 30.3 Å². The van der Waals surface area contributed by atoms with Crippen molar-refractivity contribution in [2.75, 3.05) is 5.75 Å². The Kier molecular flexibility index (Phi) is 4.12. The van der Waals surface area contributed by atoms with Gasteiger partial charge in [-0.05, 0) is 29.8 Å². The van der Waals surface area contributed by atoms with Crippen LogP contribution >= 0.6 is 0 Å². The molecule has 1 unspecified atom stereocenters. The van der Waals surface area contributed by atoms with Crippen LogP contribution in [0.3, 0.4) is 0 Å². The summed E-state index contributed by atoms with van der Waals surface area (Å²) in [5, 5.41) is 19.1. The van der Waals surface area contributed by atoms with Crippen molar-refractivity contribution in [1.82, 2.24) is 0 Å². The summed E-state index contributed by atoms with van der Waals surface area (Å²) in [5.41, 5.74) is 0.754. The number of hydrogen-bond acceptors (Lipinski definition) is 3. The van der Waals surface area contributed by atoms with Crippen molar-refractivity contribution in [3.63, 3.8) is 0 Å². The van der Waals surface area contributed by atoms with Crippen molar-refractivity contribution in [3.05, 3.63) is 60.2 Å². The number of hydrogen-bond donors (Lipinski definition) is 2. The fraction of sp³-hybridized carbons (Fsp3) is 0.143. The lowest BCUT2D eigenvalue weighted by Crippen LogP contribution is -2.09. The maximum atomic E-state index is 12.0. The SMILES string of the molecule is O=S(C[C@H](O)c1ccccc1)c1ccc(O)cc1. The van der Waals surface area contributed by atoms with E-state index in [-0.39, 0.29) is 11.5 Å². The monoisotopic (exact) mass is 262 g/mol. The maximum absolute atomic E-state index is 12.0. The number of phenols is 1. The minimum absolute atomic E-state index is 0.138. The minimum atomic E-state index is -1.28.